The summed E-state index contributed by atoms with van der Waals surface area (Å²) in [5.74, 6) is 0. The molecular weight excluding hydrogens is 440 g/mol. The van der Waals surface area contributed by atoms with Crippen molar-refractivity contribution in [1.82, 2.24) is 9.88 Å². The first-order chi connectivity index (χ1) is 13.2. The van der Waals surface area contributed by atoms with Gasteiger partial charge in [-0.05, 0) is 18.2 Å². The van der Waals surface area contributed by atoms with Gasteiger partial charge >= 0.3 is 12.2 Å². The number of benzene rings is 1. The Labute approximate surface area is 174 Å². The summed E-state index contributed by atoms with van der Waals surface area (Å²) in [6.07, 6.45) is -1.56. The van der Waals surface area contributed by atoms with Gasteiger partial charge in [-0.3, -0.25) is 4.98 Å². The van der Waals surface area contributed by atoms with E-state index < -0.39 is 17.8 Å². The van der Waals surface area contributed by atoms with Crippen molar-refractivity contribution in [3.05, 3.63) is 51.2 Å². The van der Waals surface area contributed by atoms with Gasteiger partial charge in [-0.2, -0.15) is 13.2 Å². The van der Waals surface area contributed by atoms with Gasteiger partial charge in [0.2, 0.25) is 0 Å². The van der Waals surface area contributed by atoms with Gasteiger partial charge in [0.05, 0.1) is 32.0 Å². The van der Waals surface area contributed by atoms with Crippen LogP contribution in [0.15, 0.2) is 30.6 Å². The molecule has 3 rings (SSSR count). The van der Waals surface area contributed by atoms with Crippen LogP contribution in [0, 0.1) is 0 Å². The lowest BCUT2D eigenvalue weighted by Gasteiger charge is -2.36. The van der Waals surface area contributed by atoms with Gasteiger partial charge in [-0.1, -0.05) is 34.8 Å². The molecule has 2 amide bonds. The molecule has 1 aliphatic heterocycles. The van der Waals surface area contributed by atoms with Gasteiger partial charge in [-0.25, -0.2) is 4.79 Å². The lowest BCUT2D eigenvalue weighted by molar-refractivity contribution is -0.137. The van der Waals surface area contributed by atoms with Gasteiger partial charge in [0.15, 0.2) is 0 Å². The Kier molecular flexibility index (Phi) is 6.12. The van der Waals surface area contributed by atoms with Crippen molar-refractivity contribution in [2.24, 2.45) is 0 Å². The van der Waals surface area contributed by atoms with E-state index in [1.54, 1.807) is 0 Å². The maximum Gasteiger partial charge on any atom is 0.416 e. The normalized spacial score (nSPS) is 14.9. The Balaban J connectivity index is 1.66. The minimum atomic E-state index is -4.53. The number of nitrogens with zero attached hydrogens (tertiary/aromatic N) is 3. The molecular formula is C17H14Cl3F3N4O. The molecule has 0 atom stereocenters. The number of anilines is 2. The second-order valence-corrected chi connectivity index (χ2v) is 7.27. The Morgan fingerprint density at radius 2 is 1.61 bits per heavy atom. The van der Waals surface area contributed by atoms with Crippen molar-refractivity contribution in [2.75, 3.05) is 36.4 Å². The number of urea groups is 1. The molecule has 0 spiro atoms. The lowest BCUT2D eigenvalue weighted by Crippen LogP contribution is -2.50. The number of carbonyl (C=O) groups is 1. The number of carbonyl (C=O) groups excluding carboxylic acids is 1. The zero-order valence-corrected chi connectivity index (χ0v) is 16.5. The predicted molar refractivity (Wildman–Crippen MR) is 104 cm³/mol. The van der Waals surface area contributed by atoms with Crippen LogP contribution < -0.4 is 10.2 Å². The van der Waals surface area contributed by atoms with Crippen molar-refractivity contribution >= 4 is 52.2 Å². The van der Waals surface area contributed by atoms with Crippen LogP contribution in [0.2, 0.25) is 15.1 Å². The molecule has 1 saturated heterocycles. The molecule has 1 fully saturated rings. The minimum Gasteiger partial charge on any atom is -0.365 e. The number of halogens is 6. The maximum absolute atomic E-state index is 12.9. The molecule has 0 saturated carbocycles. The zero-order chi connectivity index (χ0) is 20.5. The van der Waals surface area contributed by atoms with Crippen LogP contribution >= 0.6 is 34.8 Å². The highest BCUT2D eigenvalue weighted by Crippen LogP contribution is 2.35. The number of nitrogens with one attached hydrogen (secondary N) is 1. The number of hydrogen-bond acceptors (Lipinski definition) is 3. The van der Waals surface area contributed by atoms with E-state index in [1.807, 2.05) is 4.90 Å². The number of rotatable bonds is 2. The van der Waals surface area contributed by atoms with Gasteiger partial charge in [0.25, 0.3) is 0 Å². The SMILES string of the molecule is O=C(Nc1cc(C(F)(F)F)ccc1Cl)N1CCN(c2c(Cl)cncc2Cl)CC1. The summed E-state index contributed by atoms with van der Waals surface area (Å²) in [6.45, 7) is 1.56. The fourth-order valence-electron chi connectivity index (χ4n) is 2.83. The fourth-order valence-corrected chi connectivity index (χ4v) is 3.60. The molecule has 11 heteroatoms. The fraction of sp³-hybridized carbons (Fsp3) is 0.294. The van der Waals surface area contributed by atoms with Crippen molar-refractivity contribution in [1.29, 1.82) is 0 Å². The van der Waals surface area contributed by atoms with Crippen LogP contribution in [0.1, 0.15) is 5.56 Å². The molecule has 150 valence electrons. The highest BCUT2D eigenvalue weighted by atomic mass is 35.5. The molecule has 0 unspecified atom stereocenters. The molecule has 2 heterocycles. The zero-order valence-electron chi connectivity index (χ0n) is 14.2. The summed E-state index contributed by atoms with van der Waals surface area (Å²) in [7, 11) is 0. The number of aromatic nitrogens is 1. The number of pyridine rings is 1. The first kappa shape index (κ1) is 20.8. The Hall–Kier alpha value is -1.90. The topological polar surface area (TPSA) is 48.5 Å². The number of hydrogen-bond donors (Lipinski definition) is 1. The summed E-state index contributed by atoms with van der Waals surface area (Å²) in [4.78, 5) is 19.8. The molecule has 0 aliphatic carbocycles. The van der Waals surface area contributed by atoms with E-state index in [2.05, 4.69) is 10.3 Å². The van der Waals surface area contributed by atoms with Crippen LogP contribution in [-0.2, 0) is 6.18 Å². The second-order valence-electron chi connectivity index (χ2n) is 6.05. The second kappa shape index (κ2) is 8.23. The van der Waals surface area contributed by atoms with Crippen LogP contribution in [-0.4, -0.2) is 42.1 Å². The van der Waals surface area contributed by atoms with Crippen LogP contribution in [0.25, 0.3) is 0 Å². The maximum atomic E-state index is 12.9. The molecule has 0 radical (unpaired) electrons. The number of amides is 2. The van der Waals surface area contributed by atoms with Gasteiger partial charge in [-0.15, -0.1) is 0 Å². The van der Waals surface area contributed by atoms with Crippen LogP contribution in [0.4, 0.5) is 29.3 Å². The van der Waals surface area contributed by atoms with Crippen molar-refractivity contribution in [2.45, 2.75) is 6.18 Å². The molecule has 2 aromatic rings. The third kappa shape index (κ3) is 4.56. The van der Waals surface area contributed by atoms with Gasteiger partial charge in [0, 0.05) is 38.6 Å². The van der Waals surface area contributed by atoms with E-state index in [1.165, 1.54) is 17.3 Å². The first-order valence-electron chi connectivity index (χ1n) is 8.13. The van der Waals surface area contributed by atoms with Gasteiger partial charge in [0.1, 0.15) is 0 Å². The van der Waals surface area contributed by atoms with Crippen molar-refractivity contribution in [3.8, 4) is 0 Å². The summed E-state index contributed by atoms with van der Waals surface area (Å²) in [6, 6.07) is 2.24. The average molecular weight is 454 g/mol. The standard InChI is InChI=1S/C17H14Cl3F3N4O/c18-11-2-1-10(17(21,22)23)7-14(11)25-16(28)27-5-3-26(4-6-27)15-12(19)8-24-9-13(15)20/h1-2,7-9H,3-6H2,(H,25,28). The predicted octanol–water partition coefficient (Wildman–Crippen LogP) is 5.41. The van der Waals surface area contributed by atoms with Gasteiger partial charge < -0.3 is 15.1 Å². The third-order valence-corrected chi connectivity index (χ3v) is 5.13. The Bertz CT molecular complexity index is 866. The molecule has 5 nitrogen and oxygen atoms in total. The summed E-state index contributed by atoms with van der Waals surface area (Å²) < 4.78 is 38.6. The summed E-state index contributed by atoms with van der Waals surface area (Å²) in [5.41, 5.74) is -0.345. The minimum absolute atomic E-state index is 0.0235. The number of alkyl halides is 3. The highest BCUT2D eigenvalue weighted by molar-refractivity contribution is 6.39. The van der Waals surface area contributed by atoms with E-state index in [0.717, 1.165) is 18.2 Å². The molecule has 1 aliphatic rings. The Morgan fingerprint density at radius 3 is 2.18 bits per heavy atom. The van der Waals surface area contributed by atoms with Crippen LogP contribution in [0.5, 0.6) is 0 Å². The van der Waals surface area contributed by atoms with E-state index in [0.29, 0.717) is 41.9 Å². The van der Waals surface area contributed by atoms with E-state index in [9.17, 15) is 18.0 Å². The molecule has 1 aromatic carbocycles. The van der Waals surface area contributed by atoms with Crippen molar-refractivity contribution in [3.63, 3.8) is 0 Å². The molecule has 1 aromatic heterocycles. The van der Waals surface area contributed by atoms with E-state index >= 15 is 0 Å². The van der Waals surface area contributed by atoms with E-state index in [-0.39, 0.29) is 10.7 Å². The highest BCUT2D eigenvalue weighted by Gasteiger charge is 2.31. The largest absolute Gasteiger partial charge is 0.416 e. The molecule has 0 bridgehead atoms. The summed E-state index contributed by atoms with van der Waals surface area (Å²) >= 11 is 18.2. The Morgan fingerprint density at radius 1 is 1.00 bits per heavy atom. The molecule has 28 heavy (non-hydrogen) atoms. The quantitative estimate of drug-likeness (QED) is 0.661. The first-order valence-corrected chi connectivity index (χ1v) is 9.27. The van der Waals surface area contributed by atoms with Crippen molar-refractivity contribution < 1.29 is 18.0 Å². The third-order valence-electron chi connectivity index (χ3n) is 4.25. The van der Waals surface area contributed by atoms with Crippen LogP contribution in [0.3, 0.4) is 0 Å². The lowest BCUT2D eigenvalue weighted by atomic mass is 10.2. The smallest absolute Gasteiger partial charge is 0.365 e. The number of piperazine rings is 1. The monoisotopic (exact) mass is 452 g/mol. The average Bonchev–Trinajstić information content (AvgIpc) is 2.63. The summed E-state index contributed by atoms with van der Waals surface area (Å²) in [5, 5.41) is 3.28. The molecule has 1 N–H and O–H groups in total. The van der Waals surface area contributed by atoms with E-state index in [4.69, 9.17) is 34.8 Å².